The third-order valence-corrected chi connectivity index (χ3v) is 12.7. The molecule has 30 heavy (non-hydrogen) atoms. The Labute approximate surface area is 180 Å². The standard InChI is InChI=1S/C24H31O4P2/c1-14(2)22-27-18-12-8-10-16(20(18)29(22)25)17-11-9-13-19-21(17)30(26,24(5,6)7)23(28-19)15(3)4/h8-15,22-23H,1-7H3/q+1/t22-,23-,30?/m0/s1. The van der Waals surface area contributed by atoms with Gasteiger partial charge >= 0.3 is 7.80 Å². The van der Waals surface area contributed by atoms with Gasteiger partial charge in [-0.05, 0) is 24.1 Å². The quantitative estimate of drug-likeness (QED) is 0.517. The molecule has 2 aliphatic heterocycles. The van der Waals surface area contributed by atoms with Crippen LogP contribution in [-0.2, 0) is 9.13 Å². The molecule has 4 atom stereocenters. The second-order valence-electron chi connectivity index (χ2n) is 9.96. The molecule has 6 heteroatoms. The van der Waals surface area contributed by atoms with Crippen LogP contribution in [0, 0.1) is 11.8 Å². The van der Waals surface area contributed by atoms with E-state index in [1.165, 1.54) is 0 Å². The minimum Gasteiger partial charge on any atom is -0.481 e. The van der Waals surface area contributed by atoms with Crippen LogP contribution in [-0.4, -0.2) is 16.8 Å². The highest BCUT2D eigenvalue weighted by molar-refractivity contribution is 7.74. The van der Waals surface area contributed by atoms with Crippen molar-refractivity contribution in [3.63, 3.8) is 0 Å². The number of hydrogen-bond acceptors (Lipinski definition) is 4. The zero-order chi connectivity index (χ0) is 22.0. The van der Waals surface area contributed by atoms with Crippen LogP contribution >= 0.6 is 14.9 Å². The first-order valence-corrected chi connectivity index (χ1v) is 13.8. The van der Waals surface area contributed by atoms with Gasteiger partial charge in [0, 0.05) is 22.2 Å². The van der Waals surface area contributed by atoms with Crippen LogP contribution in [0.25, 0.3) is 11.1 Å². The van der Waals surface area contributed by atoms with Crippen LogP contribution in [0.1, 0.15) is 48.5 Å². The summed E-state index contributed by atoms with van der Waals surface area (Å²) in [5, 5.41) is 1.08. The molecule has 4 rings (SSSR count). The van der Waals surface area contributed by atoms with Gasteiger partial charge in [-0.2, -0.15) is 0 Å². The van der Waals surface area contributed by atoms with Crippen LogP contribution in [0.15, 0.2) is 36.4 Å². The van der Waals surface area contributed by atoms with Gasteiger partial charge in [0.15, 0.2) is 18.7 Å². The van der Waals surface area contributed by atoms with Gasteiger partial charge in [0.1, 0.15) is 5.75 Å². The van der Waals surface area contributed by atoms with Crippen molar-refractivity contribution >= 4 is 25.6 Å². The molecule has 0 saturated heterocycles. The Hall–Kier alpha value is -1.63. The Morgan fingerprint density at radius 2 is 1.50 bits per heavy atom. The number of fused-ring (bicyclic) bond motifs is 2. The Morgan fingerprint density at radius 3 is 2.07 bits per heavy atom. The summed E-state index contributed by atoms with van der Waals surface area (Å²) in [5.41, 5.74) is 1.72. The second-order valence-corrected chi connectivity index (χ2v) is 15.2. The summed E-state index contributed by atoms with van der Waals surface area (Å²) in [4.78, 5) is 0. The fourth-order valence-electron chi connectivity index (χ4n) is 4.56. The van der Waals surface area contributed by atoms with Gasteiger partial charge in [-0.1, -0.05) is 71.2 Å². The molecule has 0 saturated carbocycles. The van der Waals surface area contributed by atoms with Crippen molar-refractivity contribution in [1.82, 2.24) is 0 Å². The number of benzene rings is 2. The molecule has 0 fully saturated rings. The van der Waals surface area contributed by atoms with E-state index < -0.39 is 20.1 Å². The van der Waals surface area contributed by atoms with E-state index >= 15 is 0 Å². The molecule has 160 valence electrons. The molecule has 0 bridgehead atoms. The van der Waals surface area contributed by atoms with Crippen LogP contribution in [0.3, 0.4) is 0 Å². The summed E-state index contributed by atoms with van der Waals surface area (Å²) in [6.45, 7) is 14.3. The van der Waals surface area contributed by atoms with E-state index in [4.69, 9.17) is 9.47 Å². The van der Waals surface area contributed by atoms with E-state index in [2.05, 4.69) is 13.8 Å². The molecule has 2 heterocycles. The molecular weight excluding hydrogens is 414 g/mol. The molecule has 0 amide bonds. The van der Waals surface area contributed by atoms with Gasteiger partial charge < -0.3 is 14.0 Å². The fraction of sp³-hybridized carbons (Fsp3) is 0.500. The molecule has 2 aliphatic rings. The highest BCUT2D eigenvalue weighted by Crippen LogP contribution is 2.68. The van der Waals surface area contributed by atoms with Gasteiger partial charge in [-0.25, -0.2) is 0 Å². The first kappa shape index (κ1) is 21.6. The third-order valence-electron chi connectivity index (χ3n) is 6.06. The van der Waals surface area contributed by atoms with Gasteiger partial charge in [0.05, 0.1) is 5.30 Å². The Kier molecular flexibility index (Phi) is 5.19. The maximum Gasteiger partial charge on any atom is 0.425 e. The summed E-state index contributed by atoms with van der Waals surface area (Å²) in [6, 6.07) is 11.6. The molecule has 2 unspecified atom stereocenters. The lowest BCUT2D eigenvalue weighted by Crippen LogP contribution is -2.31. The zero-order valence-corrected chi connectivity index (χ0v) is 20.6. The lowest BCUT2D eigenvalue weighted by Gasteiger charge is -2.34. The molecule has 0 radical (unpaired) electrons. The van der Waals surface area contributed by atoms with Gasteiger partial charge in [0.25, 0.3) is 5.85 Å². The first-order chi connectivity index (χ1) is 14.0. The van der Waals surface area contributed by atoms with E-state index in [0.717, 1.165) is 21.7 Å². The van der Waals surface area contributed by atoms with Gasteiger partial charge in [-0.15, -0.1) is 0 Å². The van der Waals surface area contributed by atoms with Crippen LogP contribution in [0.2, 0.25) is 0 Å². The third kappa shape index (κ3) is 2.99. The SMILES string of the molecule is CC(C)[C@H]1Oc2cccc(-c3cccc4c3P(=O)(C(C)(C)C)[C@@H](C(C)C)O4)c2[P+]1=O. The molecule has 0 aromatic heterocycles. The van der Waals surface area contributed by atoms with E-state index in [9.17, 15) is 9.13 Å². The van der Waals surface area contributed by atoms with E-state index in [1.807, 2.05) is 71.0 Å². The highest BCUT2D eigenvalue weighted by Gasteiger charge is 2.56. The highest BCUT2D eigenvalue weighted by atomic mass is 31.2. The maximum atomic E-state index is 14.7. The molecule has 2 aromatic carbocycles. The average Bonchev–Trinajstić information content (AvgIpc) is 3.17. The van der Waals surface area contributed by atoms with Crippen LogP contribution < -0.4 is 20.1 Å². The zero-order valence-electron chi connectivity index (χ0n) is 18.8. The molecule has 0 spiro atoms. The lowest BCUT2D eigenvalue weighted by molar-refractivity contribution is 0.232. The van der Waals surface area contributed by atoms with Crippen molar-refractivity contribution in [2.45, 2.75) is 65.3 Å². The smallest absolute Gasteiger partial charge is 0.425 e. The predicted molar refractivity (Wildman–Crippen MR) is 125 cm³/mol. The predicted octanol–water partition coefficient (Wildman–Crippen LogP) is 6.34. The Morgan fingerprint density at radius 1 is 0.900 bits per heavy atom. The molecular formula is C24H31O4P2+. The summed E-state index contributed by atoms with van der Waals surface area (Å²) >= 11 is 0. The van der Waals surface area contributed by atoms with Crippen molar-refractivity contribution in [2.75, 3.05) is 0 Å². The monoisotopic (exact) mass is 445 g/mol. The second kappa shape index (κ2) is 7.21. The normalized spacial score (nSPS) is 26.5. The van der Waals surface area contributed by atoms with Crippen LogP contribution in [0.4, 0.5) is 0 Å². The van der Waals surface area contributed by atoms with E-state index in [1.54, 1.807) is 0 Å². The fourth-order valence-corrected chi connectivity index (χ4v) is 10.1. The number of rotatable bonds is 3. The number of ether oxygens (including phenoxy) is 2. The lowest BCUT2D eigenvalue weighted by atomic mass is 10.0. The Balaban J connectivity index is 1.98. The van der Waals surface area contributed by atoms with E-state index in [0.29, 0.717) is 11.5 Å². The van der Waals surface area contributed by atoms with Crippen LogP contribution in [0.5, 0.6) is 11.5 Å². The minimum absolute atomic E-state index is 0.113. The topological polar surface area (TPSA) is 52.6 Å². The van der Waals surface area contributed by atoms with Crippen molar-refractivity contribution in [3.05, 3.63) is 36.4 Å². The van der Waals surface area contributed by atoms with Crippen molar-refractivity contribution < 1.29 is 18.6 Å². The van der Waals surface area contributed by atoms with Gasteiger partial charge in [0.2, 0.25) is 5.30 Å². The molecule has 2 aromatic rings. The minimum atomic E-state index is -2.95. The summed E-state index contributed by atoms with van der Waals surface area (Å²) < 4.78 is 40.5. The summed E-state index contributed by atoms with van der Waals surface area (Å²) in [7, 11) is -4.67. The number of hydrogen-bond donors (Lipinski definition) is 0. The molecule has 4 nitrogen and oxygen atoms in total. The van der Waals surface area contributed by atoms with Gasteiger partial charge in [-0.3, -0.25) is 0 Å². The summed E-state index contributed by atoms with van der Waals surface area (Å²) in [6.07, 6.45) is 0. The maximum absolute atomic E-state index is 14.7. The average molecular weight is 445 g/mol. The van der Waals surface area contributed by atoms with Crippen molar-refractivity contribution in [2.24, 2.45) is 11.8 Å². The van der Waals surface area contributed by atoms with E-state index in [-0.39, 0.29) is 23.5 Å². The largest absolute Gasteiger partial charge is 0.481 e. The molecule has 0 N–H and O–H groups in total. The van der Waals surface area contributed by atoms with Crippen molar-refractivity contribution in [3.8, 4) is 22.6 Å². The Bertz CT molecular complexity index is 1070. The first-order valence-electron chi connectivity index (χ1n) is 10.6. The van der Waals surface area contributed by atoms with Crippen molar-refractivity contribution in [1.29, 1.82) is 0 Å². The molecule has 0 aliphatic carbocycles. The summed E-state index contributed by atoms with van der Waals surface area (Å²) in [5.74, 6) is 0.930.